The molecule has 0 rings (SSSR count). The fraction of sp³-hybridized carbons (Fsp3) is 1.00. The van der Waals surface area contributed by atoms with Crippen molar-refractivity contribution in [2.45, 2.75) is 101 Å². The fourth-order valence-corrected chi connectivity index (χ4v) is 8.94. The van der Waals surface area contributed by atoms with Crippen molar-refractivity contribution in [3.05, 3.63) is 0 Å². The molecular formula is C20H41Cl3Si. The van der Waals surface area contributed by atoms with Crippen LogP contribution in [-0.2, 0) is 0 Å². The smallest absolute Gasteiger partial charge is 0.126 e. The average Bonchev–Trinajstić information content (AvgIpc) is 2.00. The van der Waals surface area contributed by atoms with Gasteiger partial charge in [0.25, 0.3) is 0 Å². The van der Waals surface area contributed by atoms with Crippen LogP contribution in [0.4, 0.5) is 0 Å². The van der Waals surface area contributed by atoms with E-state index in [2.05, 4.69) is 69.2 Å². The third-order valence-corrected chi connectivity index (χ3v) is 6.95. The summed E-state index contributed by atoms with van der Waals surface area (Å²) in [5.41, 5.74) is 1.31. The molecule has 0 aromatic rings. The molecule has 4 heteroatoms. The second kappa shape index (κ2) is 8.40. The van der Waals surface area contributed by atoms with Crippen molar-refractivity contribution in [3.8, 4) is 0 Å². The van der Waals surface area contributed by atoms with Gasteiger partial charge in [0.2, 0.25) is 0 Å². The Bertz CT molecular complexity index is 387. The van der Waals surface area contributed by atoms with Gasteiger partial charge in [-0.05, 0) is 59.3 Å². The highest BCUT2D eigenvalue weighted by atomic mass is 35.8. The van der Waals surface area contributed by atoms with Crippen LogP contribution in [-0.4, -0.2) is 6.00 Å². The van der Waals surface area contributed by atoms with Crippen molar-refractivity contribution in [2.24, 2.45) is 27.6 Å². The second-order valence-corrected chi connectivity index (χ2v) is 20.9. The Kier molecular flexibility index (Phi) is 8.78. The zero-order chi connectivity index (χ0) is 19.6. The maximum absolute atomic E-state index is 6.11. The standard InChI is InChI=1S/C20H41Cl3Si/c1-16(12-24(21,22)23)11-18(5,6)14-20(9,10)15-19(7,8)13-17(2,3)4/h16H,11-15H2,1-10H3. The Balaban J connectivity index is 4.82. The molecule has 0 saturated heterocycles. The first-order valence-electron chi connectivity index (χ1n) is 9.29. The first kappa shape index (κ1) is 25.1. The molecule has 0 fully saturated rings. The van der Waals surface area contributed by atoms with Crippen LogP contribution in [0.15, 0.2) is 0 Å². The van der Waals surface area contributed by atoms with E-state index in [0.717, 1.165) is 12.5 Å². The predicted molar refractivity (Wildman–Crippen MR) is 117 cm³/mol. The Morgan fingerprint density at radius 2 is 1.04 bits per heavy atom. The zero-order valence-electron chi connectivity index (χ0n) is 17.7. The Morgan fingerprint density at radius 1 is 0.667 bits per heavy atom. The first-order chi connectivity index (χ1) is 10.2. The molecule has 0 aliphatic carbocycles. The maximum atomic E-state index is 6.11. The minimum absolute atomic E-state index is 0.269. The topological polar surface area (TPSA) is 0 Å². The van der Waals surface area contributed by atoms with Crippen LogP contribution in [0.1, 0.15) is 94.9 Å². The summed E-state index contributed by atoms with van der Waals surface area (Å²) in [4.78, 5) is 0. The van der Waals surface area contributed by atoms with Crippen LogP contribution < -0.4 is 0 Å². The van der Waals surface area contributed by atoms with Gasteiger partial charge in [0.1, 0.15) is 0 Å². The van der Waals surface area contributed by atoms with Gasteiger partial charge >= 0.3 is 6.00 Å². The Labute approximate surface area is 167 Å². The molecule has 1 atom stereocenters. The molecule has 0 aromatic carbocycles. The van der Waals surface area contributed by atoms with Crippen LogP contribution in [0.25, 0.3) is 0 Å². The van der Waals surface area contributed by atoms with Gasteiger partial charge in [-0.1, -0.05) is 69.2 Å². The first-order valence-corrected chi connectivity index (χ1v) is 14.5. The summed E-state index contributed by atoms with van der Waals surface area (Å²) in [6.45, 7) is 23.7. The molecule has 0 bridgehead atoms. The average molecular weight is 416 g/mol. The predicted octanol–water partition coefficient (Wildman–Crippen LogP) is 8.96. The number of hydrogen-bond donors (Lipinski definition) is 0. The molecule has 0 nitrogen and oxygen atoms in total. The van der Waals surface area contributed by atoms with E-state index < -0.39 is 6.00 Å². The van der Waals surface area contributed by atoms with E-state index in [1.807, 2.05) is 0 Å². The highest BCUT2D eigenvalue weighted by Gasteiger charge is 2.37. The van der Waals surface area contributed by atoms with E-state index in [0.29, 0.717) is 22.2 Å². The molecule has 0 saturated carbocycles. The van der Waals surface area contributed by atoms with Crippen molar-refractivity contribution in [1.29, 1.82) is 0 Å². The van der Waals surface area contributed by atoms with Crippen LogP contribution in [0.3, 0.4) is 0 Å². The molecule has 0 spiro atoms. The van der Waals surface area contributed by atoms with Gasteiger partial charge in [-0.3, -0.25) is 0 Å². The van der Waals surface area contributed by atoms with Gasteiger partial charge in [0, 0.05) is 0 Å². The fourth-order valence-electron chi connectivity index (χ4n) is 5.63. The van der Waals surface area contributed by atoms with Crippen molar-refractivity contribution >= 4 is 39.2 Å². The Morgan fingerprint density at radius 3 is 1.42 bits per heavy atom. The molecule has 0 N–H and O–H groups in total. The lowest BCUT2D eigenvalue weighted by atomic mass is 9.63. The third kappa shape index (κ3) is 13.3. The molecular weight excluding hydrogens is 375 g/mol. The van der Waals surface area contributed by atoms with Crippen LogP contribution in [0.2, 0.25) is 6.04 Å². The quantitative estimate of drug-likeness (QED) is 0.260. The van der Waals surface area contributed by atoms with E-state index in [1.165, 1.54) is 19.3 Å². The molecule has 24 heavy (non-hydrogen) atoms. The summed E-state index contributed by atoms with van der Waals surface area (Å²) in [5, 5.41) is 0. The van der Waals surface area contributed by atoms with Gasteiger partial charge in [-0.15, -0.1) is 33.2 Å². The van der Waals surface area contributed by atoms with E-state index in [9.17, 15) is 0 Å². The number of rotatable bonds is 9. The molecule has 1 unspecified atom stereocenters. The second-order valence-electron chi connectivity index (χ2n) is 11.7. The van der Waals surface area contributed by atoms with Crippen LogP contribution >= 0.6 is 33.2 Å². The van der Waals surface area contributed by atoms with Crippen molar-refractivity contribution in [2.75, 3.05) is 0 Å². The lowest BCUT2D eigenvalue weighted by Crippen LogP contribution is -2.32. The minimum atomic E-state index is -2.53. The minimum Gasteiger partial charge on any atom is -0.126 e. The third-order valence-electron chi connectivity index (χ3n) is 4.40. The highest BCUT2D eigenvalue weighted by molar-refractivity contribution is 7.64. The van der Waals surface area contributed by atoms with Crippen LogP contribution in [0.5, 0.6) is 0 Å². The molecule has 146 valence electrons. The van der Waals surface area contributed by atoms with Crippen molar-refractivity contribution in [3.63, 3.8) is 0 Å². The summed E-state index contributed by atoms with van der Waals surface area (Å²) in [6.07, 6.45) is 4.82. The SMILES string of the molecule is CC(CC(C)(C)CC(C)(C)CC(C)(C)CC(C)(C)C)C[Si](Cl)(Cl)Cl. The monoisotopic (exact) mass is 414 g/mol. The number of halogens is 3. The molecule has 0 aliphatic heterocycles. The lowest BCUT2D eigenvalue weighted by Gasteiger charge is -2.43. The van der Waals surface area contributed by atoms with Crippen molar-refractivity contribution < 1.29 is 0 Å². The summed E-state index contributed by atoms with van der Waals surface area (Å²) < 4.78 is 0. The van der Waals surface area contributed by atoms with Gasteiger partial charge < -0.3 is 0 Å². The molecule has 0 aromatic heterocycles. The highest BCUT2D eigenvalue weighted by Crippen LogP contribution is 2.48. The van der Waals surface area contributed by atoms with Gasteiger partial charge in [-0.25, -0.2) is 0 Å². The van der Waals surface area contributed by atoms with Gasteiger partial charge in [0.05, 0.1) is 0 Å². The van der Waals surface area contributed by atoms with E-state index in [1.54, 1.807) is 0 Å². The van der Waals surface area contributed by atoms with Crippen LogP contribution in [0, 0.1) is 27.6 Å². The summed E-state index contributed by atoms with van der Waals surface area (Å²) >= 11 is 18.3. The zero-order valence-corrected chi connectivity index (χ0v) is 21.0. The Hall–Kier alpha value is 1.09. The van der Waals surface area contributed by atoms with E-state index in [-0.39, 0.29) is 5.41 Å². The largest absolute Gasteiger partial charge is 0.341 e. The summed E-state index contributed by atoms with van der Waals surface area (Å²) in [5.74, 6) is 0.470. The lowest BCUT2D eigenvalue weighted by molar-refractivity contribution is 0.0862. The van der Waals surface area contributed by atoms with E-state index >= 15 is 0 Å². The molecule has 0 aliphatic rings. The van der Waals surface area contributed by atoms with Gasteiger partial charge in [-0.2, -0.15) is 0 Å². The van der Waals surface area contributed by atoms with E-state index in [4.69, 9.17) is 33.2 Å². The molecule has 0 radical (unpaired) electrons. The maximum Gasteiger partial charge on any atom is 0.341 e. The summed E-state index contributed by atoms with van der Waals surface area (Å²) in [7, 11) is 0. The summed E-state index contributed by atoms with van der Waals surface area (Å²) in [6, 6.07) is -1.77. The van der Waals surface area contributed by atoms with Crippen molar-refractivity contribution in [1.82, 2.24) is 0 Å². The normalized spacial score (nSPS) is 16.4. The molecule has 0 heterocycles. The van der Waals surface area contributed by atoms with Gasteiger partial charge in [0.15, 0.2) is 0 Å². The number of hydrogen-bond acceptors (Lipinski definition) is 0. The molecule has 0 amide bonds.